The lowest BCUT2D eigenvalue weighted by Gasteiger charge is -2.31. The van der Waals surface area contributed by atoms with Crippen LogP contribution in [0.1, 0.15) is 31.7 Å². The second-order valence-corrected chi connectivity index (χ2v) is 5.29. The molecule has 106 valence electrons. The van der Waals surface area contributed by atoms with E-state index in [9.17, 15) is 8.78 Å². The largest absolute Gasteiger partial charge is 0.330 e. The van der Waals surface area contributed by atoms with Crippen LogP contribution in [0.5, 0.6) is 0 Å². The number of nitrogens with two attached hydrogens (primary N) is 1. The fourth-order valence-electron chi connectivity index (χ4n) is 3.11. The quantitative estimate of drug-likeness (QED) is 0.889. The van der Waals surface area contributed by atoms with Crippen LogP contribution in [0.25, 0.3) is 0 Å². The summed E-state index contributed by atoms with van der Waals surface area (Å²) in [4.78, 5) is 2.26. The highest BCUT2D eigenvalue weighted by Gasteiger charge is 2.30. The molecule has 0 aliphatic heterocycles. The lowest BCUT2D eigenvalue weighted by molar-refractivity contribution is 0.160. The SMILES string of the molecule is CCN(Cc1ccc(F)cc1F)C1CCCC1CN. The van der Waals surface area contributed by atoms with Crippen molar-refractivity contribution in [2.75, 3.05) is 13.1 Å². The number of rotatable bonds is 5. The predicted octanol–water partition coefficient (Wildman–Crippen LogP) is 2.91. The molecule has 0 aromatic heterocycles. The number of nitrogens with zero attached hydrogens (tertiary/aromatic N) is 1. The van der Waals surface area contributed by atoms with Crippen molar-refractivity contribution in [3.8, 4) is 0 Å². The van der Waals surface area contributed by atoms with E-state index < -0.39 is 11.6 Å². The second kappa shape index (κ2) is 6.44. The number of halogens is 2. The zero-order valence-corrected chi connectivity index (χ0v) is 11.4. The summed E-state index contributed by atoms with van der Waals surface area (Å²) in [6, 6.07) is 4.25. The fraction of sp³-hybridized carbons (Fsp3) is 0.600. The van der Waals surface area contributed by atoms with E-state index in [-0.39, 0.29) is 0 Å². The van der Waals surface area contributed by atoms with Gasteiger partial charge in [-0.05, 0) is 37.9 Å². The third kappa shape index (κ3) is 3.31. The third-order valence-corrected chi connectivity index (χ3v) is 4.19. The van der Waals surface area contributed by atoms with Crippen LogP contribution in [-0.2, 0) is 6.54 Å². The van der Waals surface area contributed by atoms with Gasteiger partial charge in [0.1, 0.15) is 11.6 Å². The van der Waals surface area contributed by atoms with Crippen molar-refractivity contribution in [1.29, 1.82) is 0 Å². The first-order valence-electron chi connectivity index (χ1n) is 7.03. The summed E-state index contributed by atoms with van der Waals surface area (Å²) in [7, 11) is 0. The molecular weight excluding hydrogens is 246 g/mol. The molecule has 2 atom stereocenters. The molecule has 1 fully saturated rings. The van der Waals surface area contributed by atoms with Gasteiger partial charge in [-0.2, -0.15) is 0 Å². The summed E-state index contributed by atoms with van der Waals surface area (Å²) in [5.41, 5.74) is 6.37. The molecule has 1 aromatic rings. The van der Waals surface area contributed by atoms with Gasteiger partial charge in [0.25, 0.3) is 0 Å². The number of hydrogen-bond acceptors (Lipinski definition) is 2. The first kappa shape index (κ1) is 14.4. The summed E-state index contributed by atoms with van der Waals surface area (Å²) in [5.74, 6) is -0.478. The van der Waals surface area contributed by atoms with Gasteiger partial charge in [-0.1, -0.05) is 19.4 Å². The average molecular weight is 268 g/mol. The van der Waals surface area contributed by atoms with Gasteiger partial charge < -0.3 is 5.73 Å². The van der Waals surface area contributed by atoms with Crippen molar-refractivity contribution in [3.05, 3.63) is 35.4 Å². The Kier molecular flexibility index (Phi) is 4.88. The highest BCUT2D eigenvalue weighted by Crippen LogP contribution is 2.30. The Morgan fingerprint density at radius 1 is 1.32 bits per heavy atom. The van der Waals surface area contributed by atoms with Crippen molar-refractivity contribution in [1.82, 2.24) is 4.90 Å². The summed E-state index contributed by atoms with van der Waals surface area (Å²) >= 11 is 0. The molecular formula is C15H22F2N2. The predicted molar refractivity (Wildman–Crippen MR) is 72.6 cm³/mol. The standard InChI is InChI=1S/C15H22F2N2/c1-2-19(15-5-3-4-11(15)9-18)10-12-6-7-13(16)8-14(12)17/h6-8,11,15H,2-5,9-10,18H2,1H3. The molecule has 0 bridgehead atoms. The molecule has 0 radical (unpaired) electrons. The molecule has 1 saturated carbocycles. The van der Waals surface area contributed by atoms with E-state index in [0.29, 0.717) is 30.6 Å². The summed E-state index contributed by atoms with van der Waals surface area (Å²) < 4.78 is 26.6. The smallest absolute Gasteiger partial charge is 0.130 e. The molecule has 2 unspecified atom stereocenters. The van der Waals surface area contributed by atoms with E-state index in [1.165, 1.54) is 12.5 Å². The normalized spacial score (nSPS) is 23.2. The van der Waals surface area contributed by atoms with Gasteiger partial charge >= 0.3 is 0 Å². The summed E-state index contributed by atoms with van der Waals surface area (Å²) in [6.07, 6.45) is 3.47. The highest BCUT2D eigenvalue weighted by molar-refractivity contribution is 5.18. The average Bonchev–Trinajstić information content (AvgIpc) is 2.86. The summed E-state index contributed by atoms with van der Waals surface area (Å²) in [6.45, 7) is 4.15. The van der Waals surface area contributed by atoms with E-state index in [1.54, 1.807) is 6.07 Å². The van der Waals surface area contributed by atoms with Gasteiger partial charge in [0.05, 0.1) is 0 Å². The van der Waals surface area contributed by atoms with Crippen molar-refractivity contribution in [3.63, 3.8) is 0 Å². The molecule has 2 rings (SSSR count). The Balaban J connectivity index is 2.10. The molecule has 4 heteroatoms. The molecule has 2 nitrogen and oxygen atoms in total. The Morgan fingerprint density at radius 3 is 2.74 bits per heavy atom. The number of hydrogen-bond donors (Lipinski definition) is 1. The topological polar surface area (TPSA) is 29.3 Å². The molecule has 1 aromatic carbocycles. The van der Waals surface area contributed by atoms with Crippen LogP contribution in [0.3, 0.4) is 0 Å². The van der Waals surface area contributed by atoms with E-state index in [4.69, 9.17) is 5.73 Å². The third-order valence-electron chi connectivity index (χ3n) is 4.19. The Labute approximate surface area is 113 Å². The Bertz CT molecular complexity index is 423. The highest BCUT2D eigenvalue weighted by atomic mass is 19.1. The monoisotopic (exact) mass is 268 g/mol. The lowest BCUT2D eigenvalue weighted by Crippen LogP contribution is -2.40. The molecule has 0 heterocycles. The van der Waals surface area contributed by atoms with Crippen LogP contribution < -0.4 is 5.73 Å². The second-order valence-electron chi connectivity index (χ2n) is 5.29. The van der Waals surface area contributed by atoms with Gasteiger partial charge in [-0.25, -0.2) is 8.78 Å². The van der Waals surface area contributed by atoms with Gasteiger partial charge in [-0.15, -0.1) is 0 Å². The minimum Gasteiger partial charge on any atom is -0.330 e. The van der Waals surface area contributed by atoms with E-state index in [0.717, 1.165) is 25.5 Å². The van der Waals surface area contributed by atoms with Crippen LogP contribution in [-0.4, -0.2) is 24.0 Å². The first-order valence-corrected chi connectivity index (χ1v) is 7.03. The molecule has 2 N–H and O–H groups in total. The minimum absolute atomic E-state index is 0.430. The van der Waals surface area contributed by atoms with Gasteiger partial charge in [0.15, 0.2) is 0 Å². The van der Waals surface area contributed by atoms with E-state index >= 15 is 0 Å². The molecule has 1 aliphatic carbocycles. The molecule has 0 spiro atoms. The Morgan fingerprint density at radius 2 is 2.11 bits per heavy atom. The van der Waals surface area contributed by atoms with Crippen molar-refractivity contribution in [2.24, 2.45) is 11.7 Å². The molecule has 0 amide bonds. The zero-order chi connectivity index (χ0) is 13.8. The van der Waals surface area contributed by atoms with Crippen LogP contribution in [0.4, 0.5) is 8.78 Å². The van der Waals surface area contributed by atoms with Crippen LogP contribution >= 0.6 is 0 Å². The zero-order valence-electron chi connectivity index (χ0n) is 11.4. The maximum Gasteiger partial charge on any atom is 0.130 e. The van der Waals surface area contributed by atoms with E-state index in [1.807, 2.05) is 0 Å². The van der Waals surface area contributed by atoms with Gasteiger partial charge in [0.2, 0.25) is 0 Å². The van der Waals surface area contributed by atoms with Crippen molar-refractivity contribution >= 4 is 0 Å². The molecule has 1 aliphatic rings. The van der Waals surface area contributed by atoms with Crippen LogP contribution in [0.2, 0.25) is 0 Å². The maximum atomic E-state index is 13.7. The lowest BCUT2D eigenvalue weighted by atomic mass is 10.0. The van der Waals surface area contributed by atoms with Gasteiger partial charge in [0, 0.05) is 24.2 Å². The number of benzene rings is 1. The van der Waals surface area contributed by atoms with Crippen molar-refractivity contribution < 1.29 is 8.78 Å². The molecule has 0 saturated heterocycles. The van der Waals surface area contributed by atoms with Crippen molar-refractivity contribution in [2.45, 2.75) is 38.8 Å². The molecule has 19 heavy (non-hydrogen) atoms. The fourth-order valence-corrected chi connectivity index (χ4v) is 3.11. The first-order chi connectivity index (χ1) is 9.15. The minimum atomic E-state index is -0.523. The van der Waals surface area contributed by atoms with Crippen LogP contribution in [0, 0.1) is 17.6 Å². The maximum absolute atomic E-state index is 13.7. The van der Waals surface area contributed by atoms with Gasteiger partial charge in [-0.3, -0.25) is 4.90 Å². The Hall–Kier alpha value is -1.00. The summed E-state index contributed by atoms with van der Waals surface area (Å²) in [5, 5.41) is 0. The van der Waals surface area contributed by atoms with Crippen LogP contribution in [0.15, 0.2) is 18.2 Å². The van der Waals surface area contributed by atoms with E-state index in [2.05, 4.69) is 11.8 Å².